The van der Waals surface area contributed by atoms with Crippen LogP contribution < -0.4 is 4.90 Å². The van der Waals surface area contributed by atoms with Gasteiger partial charge in [-0.05, 0) is 42.8 Å². The van der Waals surface area contributed by atoms with Gasteiger partial charge in [0.25, 0.3) is 0 Å². The third-order valence-electron chi connectivity index (χ3n) is 3.81. The largest absolute Gasteiger partial charge is 0.371 e. The van der Waals surface area contributed by atoms with Crippen LogP contribution in [0.25, 0.3) is 0 Å². The quantitative estimate of drug-likeness (QED) is 0.812. The van der Waals surface area contributed by atoms with Gasteiger partial charge in [-0.15, -0.1) is 11.8 Å². The zero-order valence-corrected chi connectivity index (χ0v) is 12.4. The summed E-state index contributed by atoms with van der Waals surface area (Å²) in [5.74, 6) is 1.52. The summed E-state index contributed by atoms with van der Waals surface area (Å²) in [6.07, 6.45) is 0. The van der Waals surface area contributed by atoms with E-state index >= 15 is 0 Å². The number of hydrogen-bond donors (Lipinski definition) is 0. The Morgan fingerprint density at radius 1 is 1.15 bits per heavy atom. The van der Waals surface area contributed by atoms with Crippen LogP contribution in [0, 0.1) is 5.82 Å². The average molecular weight is 287 g/mol. The average Bonchev–Trinajstić information content (AvgIpc) is 2.89. The SMILES string of the molecule is CCN(CC1CSc2ccccc21)c1ccc(F)cc1. The van der Waals surface area contributed by atoms with Crippen molar-refractivity contribution < 1.29 is 4.39 Å². The minimum absolute atomic E-state index is 0.174. The van der Waals surface area contributed by atoms with Gasteiger partial charge >= 0.3 is 0 Å². The van der Waals surface area contributed by atoms with Gasteiger partial charge in [0.2, 0.25) is 0 Å². The number of benzene rings is 2. The van der Waals surface area contributed by atoms with Crippen molar-refractivity contribution in [3.8, 4) is 0 Å². The van der Waals surface area contributed by atoms with E-state index in [1.165, 1.54) is 22.6 Å². The number of hydrogen-bond acceptors (Lipinski definition) is 2. The first-order valence-electron chi connectivity index (χ1n) is 7.00. The maximum atomic E-state index is 13.0. The van der Waals surface area contributed by atoms with Crippen molar-refractivity contribution in [2.75, 3.05) is 23.7 Å². The molecule has 3 heteroatoms. The molecule has 2 aromatic carbocycles. The number of likely N-dealkylation sites (N-methyl/N-ethyl adjacent to an activating group) is 1. The number of fused-ring (bicyclic) bond motifs is 1. The van der Waals surface area contributed by atoms with E-state index in [2.05, 4.69) is 36.1 Å². The Labute approximate surface area is 123 Å². The molecule has 2 aromatic rings. The van der Waals surface area contributed by atoms with Gasteiger partial charge in [-0.2, -0.15) is 0 Å². The first-order chi connectivity index (χ1) is 9.78. The molecule has 0 spiro atoms. The summed E-state index contributed by atoms with van der Waals surface area (Å²) in [5.41, 5.74) is 2.56. The van der Waals surface area contributed by atoms with E-state index in [0.29, 0.717) is 5.92 Å². The summed E-state index contributed by atoms with van der Waals surface area (Å²) in [4.78, 5) is 3.74. The van der Waals surface area contributed by atoms with E-state index < -0.39 is 0 Å². The molecule has 0 saturated carbocycles. The molecule has 1 aliphatic heterocycles. The number of thioether (sulfide) groups is 1. The predicted octanol–water partition coefficient (Wildman–Crippen LogP) is 4.54. The fourth-order valence-corrected chi connectivity index (χ4v) is 3.96. The van der Waals surface area contributed by atoms with Gasteiger partial charge in [-0.25, -0.2) is 4.39 Å². The lowest BCUT2D eigenvalue weighted by atomic mass is 10.0. The van der Waals surface area contributed by atoms with E-state index in [9.17, 15) is 4.39 Å². The number of halogens is 1. The van der Waals surface area contributed by atoms with Gasteiger partial charge < -0.3 is 4.90 Å². The van der Waals surface area contributed by atoms with Crippen LogP contribution in [0.3, 0.4) is 0 Å². The van der Waals surface area contributed by atoms with Crippen LogP contribution in [-0.2, 0) is 0 Å². The van der Waals surface area contributed by atoms with Gasteiger partial charge in [-0.3, -0.25) is 0 Å². The molecular weight excluding hydrogens is 269 g/mol. The fourth-order valence-electron chi connectivity index (χ4n) is 2.72. The minimum atomic E-state index is -0.174. The van der Waals surface area contributed by atoms with Crippen molar-refractivity contribution in [2.45, 2.75) is 17.7 Å². The molecule has 0 bridgehead atoms. The van der Waals surface area contributed by atoms with E-state index in [0.717, 1.165) is 24.5 Å². The van der Waals surface area contributed by atoms with E-state index in [1.807, 2.05) is 23.9 Å². The topological polar surface area (TPSA) is 3.24 Å². The van der Waals surface area contributed by atoms with Crippen molar-refractivity contribution in [2.24, 2.45) is 0 Å². The third kappa shape index (κ3) is 2.68. The predicted molar refractivity (Wildman–Crippen MR) is 84.2 cm³/mol. The molecule has 3 rings (SSSR count). The Kier molecular flexibility index (Phi) is 3.97. The van der Waals surface area contributed by atoms with E-state index in [4.69, 9.17) is 0 Å². The highest BCUT2D eigenvalue weighted by Crippen LogP contribution is 2.40. The van der Waals surface area contributed by atoms with Crippen molar-refractivity contribution in [1.82, 2.24) is 0 Å². The second-order valence-electron chi connectivity index (χ2n) is 5.06. The summed E-state index contributed by atoms with van der Waals surface area (Å²) in [6, 6.07) is 15.5. The van der Waals surface area contributed by atoms with Crippen LogP contribution in [0.1, 0.15) is 18.4 Å². The van der Waals surface area contributed by atoms with Crippen LogP contribution in [0.15, 0.2) is 53.4 Å². The lowest BCUT2D eigenvalue weighted by molar-refractivity contribution is 0.627. The molecule has 0 N–H and O–H groups in total. The highest BCUT2D eigenvalue weighted by molar-refractivity contribution is 7.99. The Morgan fingerprint density at radius 3 is 2.65 bits per heavy atom. The van der Waals surface area contributed by atoms with Crippen molar-refractivity contribution in [1.29, 1.82) is 0 Å². The second kappa shape index (κ2) is 5.88. The number of anilines is 1. The summed E-state index contributed by atoms with van der Waals surface area (Å²) >= 11 is 1.94. The Bertz CT molecular complexity index is 582. The maximum absolute atomic E-state index is 13.0. The van der Waals surface area contributed by atoms with Crippen molar-refractivity contribution in [3.63, 3.8) is 0 Å². The van der Waals surface area contributed by atoms with Crippen LogP contribution in [0.5, 0.6) is 0 Å². The van der Waals surface area contributed by atoms with E-state index in [1.54, 1.807) is 0 Å². The zero-order chi connectivity index (χ0) is 13.9. The molecule has 0 aromatic heterocycles. The molecule has 0 saturated heterocycles. The standard InChI is InChI=1S/C17H18FNS/c1-2-19(15-9-7-14(18)8-10-15)11-13-12-20-17-6-4-3-5-16(13)17/h3-10,13H,2,11-12H2,1H3. The third-order valence-corrected chi connectivity index (χ3v) is 5.06. The second-order valence-corrected chi connectivity index (χ2v) is 6.12. The maximum Gasteiger partial charge on any atom is 0.123 e. The molecule has 1 nitrogen and oxygen atoms in total. The highest BCUT2D eigenvalue weighted by Gasteiger charge is 2.24. The molecule has 1 unspecified atom stereocenters. The molecule has 1 atom stereocenters. The number of rotatable bonds is 4. The number of nitrogens with zero attached hydrogens (tertiary/aromatic N) is 1. The first-order valence-corrected chi connectivity index (χ1v) is 7.98. The summed E-state index contributed by atoms with van der Waals surface area (Å²) in [6.45, 7) is 4.08. The van der Waals surface area contributed by atoms with Crippen LogP contribution in [0.2, 0.25) is 0 Å². The first kappa shape index (κ1) is 13.5. The molecule has 0 radical (unpaired) electrons. The minimum Gasteiger partial charge on any atom is -0.371 e. The lowest BCUT2D eigenvalue weighted by Gasteiger charge is -2.26. The molecule has 0 amide bonds. The van der Waals surface area contributed by atoms with Crippen molar-refractivity contribution in [3.05, 3.63) is 59.9 Å². The summed E-state index contributed by atoms with van der Waals surface area (Å²) < 4.78 is 13.0. The van der Waals surface area contributed by atoms with Gasteiger partial charge in [0, 0.05) is 35.3 Å². The Balaban J connectivity index is 1.78. The molecule has 0 aliphatic carbocycles. The Hall–Kier alpha value is -1.48. The molecule has 1 heterocycles. The van der Waals surface area contributed by atoms with Crippen molar-refractivity contribution >= 4 is 17.4 Å². The van der Waals surface area contributed by atoms with Gasteiger partial charge in [0.05, 0.1) is 0 Å². The molecule has 104 valence electrons. The van der Waals surface area contributed by atoms with Gasteiger partial charge in [0.1, 0.15) is 5.82 Å². The summed E-state index contributed by atoms with van der Waals surface area (Å²) in [5, 5.41) is 0. The molecule has 0 fully saturated rings. The van der Waals surface area contributed by atoms with Crippen LogP contribution in [-0.4, -0.2) is 18.8 Å². The van der Waals surface area contributed by atoms with Crippen LogP contribution in [0.4, 0.5) is 10.1 Å². The lowest BCUT2D eigenvalue weighted by Crippen LogP contribution is -2.28. The smallest absolute Gasteiger partial charge is 0.123 e. The van der Waals surface area contributed by atoms with Gasteiger partial charge in [-0.1, -0.05) is 18.2 Å². The van der Waals surface area contributed by atoms with Gasteiger partial charge in [0.15, 0.2) is 0 Å². The molecule has 1 aliphatic rings. The van der Waals surface area contributed by atoms with E-state index in [-0.39, 0.29) is 5.82 Å². The normalized spacial score (nSPS) is 17.0. The highest BCUT2D eigenvalue weighted by atomic mass is 32.2. The van der Waals surface area contributed by atoms with Crippen LogP contribution >= 0.6 is 11.8 Å². The zero-order valence-electron chi connectivity index (χ0n) is 11.6. The molecular formula is C17H18FNS. The monoisotopic (exact) mass is 287 g/mol. The Morgan fingerprint density at radius 2 is 1.90 bits per heavy atom. The molecule has 20 heavy (non-hydrogen) atoms. The fraction of sp³-hybridized carbons (Fsp3) is 0.294. The summed E-state index contributed by atoms with van der Waals surface area (Å²) in [7, 11) is 0.